The zero-order chi connectivity index (χ0) is 18.0. The first kappa shape index (κ1) is 17.6. The normalized spacial score (nSPS) is 46.3. The van der Waals surface area contributed by atoms with Crippen molar-refractivity contribution in [3.05, 3.63) is 10.6 Å². The number of fused-ring (bicyclic) bond motifs is 5. The molecule has 0 amide bonds. The van der Waals surface area contributed by atoms with Crippen LogP contribution >= 0.6 is 11.6 Å². The van der Waals surface area contributed by atoms with E-state index >= 15 is 0 Å². The maximum atomic E-state index is 12.1. The standard InChI is InChI=1S/C21H29ClO3/c1-12(23)25-18-7-6-14-13-4-5-16-19(22)17(24)9-11-20(16,2)15(13)8-10-21(14,18)3/h13-15,18H,4-11H2,1-3H3/t13-,14-,15-,18-,20+,21+/m0/s1. The van der Waals surface area contributed by atoms with Crippen LogP contribution in [0.2, 0.25) is 0 Å². The van der Waals surface area contributed by atoms with Gasteiger partial charge in [0.25, 0.3) is 0 Å². The van der Waals surface area contributed by atoms with E-state index in [1.54, 1.807) is 0 Å². The number of hydrogen-bond acceptors (Lipinski definition) is 3. The molecule has 4 aliphatic rings. The van der Waals surface area contributed by atoms with Gasteiger partial charge in [-0.15, -0.1) is 0 Å². The number of carbonyl (C=O) groups is 2. The Morgan fingerprint density at radius 1 is 1.08 bits per heavy atom. The predicted molar refractivity (Wildman–Crippen MR) is 97.1 cm³/mol. The van der Waals surface area contributed by atoms with Crippen LogP contribution in [0.3, 0.4) is 0 Å². The maximum absolute atomic E-state index is 12.1. The van der Waals surface area contributed by atoms with Gasteiger partial charge >= 0.3 is 5.97 Å². The van der Waals surface area contributed by atoms with E-state index in [-0.39, 0.29) is 28.7 Å². The number of allylic oxidation sites excluding steroid dienone is 1. The van der Waals surface area contributed by atoms with Gasteiger partial charge < -0.3 is 4.74 Å². The van der Waals surface area contributed by atoms with Crippen molar-refractivity contribution in [2.45, 2.75) is 78.2 Å². The number of carbonyl (C=O) groups excluding carboxylic acids is 2. The molecule has 0 saturated heterocycles. The topological polar surface area (TPSA) is 43.4 Å². The molecule has 3 fully saturated rings. The van der Waals surface area contributed by atoms with Crippen LogP contribution in [0.4, 0.5) is 0 Å². The third kappa shape index (κ3) is 2.44. The highest BCUT2D eigenvalue weighted by molar-refractivity contribution is 6.43. The molecule has 3 nitrogen and oxygen atoms in total. The second kappa shape index (κ2) is 5.84. The van der Waals surface area contributed by atoms with Crippen molar-refractivity contribution < 1.29 is 14.3 Å². The summed E-state index contributed by atoms with van der Waals surface area (Å²) in [7, 11) is 0. The van der Waals surface area contributed by atoms with Crippen molar-refractivity contribution in [1.29, 1.82) is 0 Å². The van der Waals surface area contributed by atoms with Crippen LogP contribution in [-0.2, 0) is 14.3 Å². The van der Waals surface area contributed by atoms with E-state index in [0.29, 0.717) is 29.2 Å². The summed E-state index contributed by atoms with van der Waals surface area (Å²) in [6.45, 7) is 6.23. The number of hydrogen-bond donors (Lipinski definition) is 0. The molecule has 0 aliphatic heterocycles. The highest BCUT2D eigenvalue weighted by atomic mass is 35.5. The second-order valence-electron chi connectivity index (χ2n) is 9.27. The van der Waals surface area contributed by atoms with Gasteiger partial charge in [-0.25, -0.2) is 0 Å². The van der Waals surface area contributed by atoms with E-state index in [9.17, 15) is 9.59 Å². The molecule has 6 atom stereocenters. The Morgan fingerprint density at radius 2 is 1.84 bits per heavy atom. The fourth-order valence-electron chi connectivity index (χ4n) is 7.00. The van der Waals surface area contributed by atoms with Gasteiger partial charge in [-0.1, -0.05) is 25.4 Å². The third-order valence-electron chi connectivity index (χ3n) is 8.27. The lowest BCUT2D eigenvalue weighted by Gasteiger charge is -2.58. The van der Waals surface area contributed by atoms with E-state index in [1.165, 1.54) is 12.5 Å². The number of ether oxygens (including phenoxy) is 1. The van der Waals surface area contributed by atoms with E-state index < -0.39 is 0 Å². The lowest BCUT2D eigenvalue weighted by atomic mass is 9.47. The summed E-state index contributed by atoms with van der Waals surface area (Å²) < 4.78 is 5.71. The summed E-state index contributed by atoms with van der Waals surface area (Å²) in [5, 5.41) is 0.546. The zero-order valence-electron chi connectivity index (χ0n) is 15.6. The number of Topliss-reactive ketones (excluding diaryl/α,β-unsaturated/α-hetero) is 1. The average Bonchev–Trinajstić information content (AvgIpc) is 2.88. The number of halogens is 1. The first-order chi connectivity index (χ1) is 11.8. The molecule has 138 valence electrons. The molecule has 4 rings (SSSR count). The molecule has 4 aliphatic carbocycles. The van der Waals surface area contributed by atoms with Gasteiger partial charge in [-0.2, -0.15) is 0 Å². The van der Waals surface area contributed by atoms with Gasteiger partial charge in [0.1, 0.15) is 6.10 Å². The Hall–Kier alpha value is -0.830. The average molecular weight is 365 g/mol. The largest absolute Gasteiger partial charge is 0.462 e. The second-order valence-corrected chi connectivity index (χ2v) is 9.65. The van der Waals surface area contributed by atoms with Crippen LogP contribution in [0.1, 0.15) is 72.1 Å². The Labute approximate surface area is 155 Å². The summed E-state index contributed by atoms with van der Waals surface area (Å²) in [4.78, 5) is 23.6. The molecule has 0 aromatic heterocycles. The number of ketones is 1. The molecule has 0 radical (unpaired) electrons. The SMILES string of the molecule is CC(=O)O[C@H]1CC[C@H]2[C@@H]3CCC4=C(Cl)C(=O)CC[C@]4(C)[C@H]3CC[C@@]12C. The first-order valence-electron chi connectivity index (χ1n) is 9.87. The Morgan fingerprint density at radius 3 is 2.56 bits per heavy atom. The van der Waals surface area contributed by atoms with Crippen molar-refractivity contribution in [2.75, 3.05) is 0 Å². The monoisotopic (exact) mass is 364 g/mol. The van der Waals surface area contributed by atoms with Crippen LogP contribution in [0.5, 0.6) is 0 Å². The highest BCUT2D eigenvalue weighted by Crippen LogP contribution is 2.66. The van der Waals surface area contributed by atoms with Gasteiger partial charge in [-0.05, 0) is 73.7 Å². The smallest absolute Gasteiger partial charge is 0.302 e. The van der Waals surface area contributed by atoms with E-state index in [4.69, 9.17) is 16.3 Å². The van der Waals surface area contributed by atoms with Gasteiger partial charge in [0.05, 0.1) is 5.03 Å². The van der Waals surface area contributed by atoms with E-state index in [2.05, 4.69) is 13.8 Å². The van der Waals surface area contributed by atoms with Gasteiger partial charge in [0, 0.05) is 18.8 Å². The molecular weight excluding hydrogens is 336 g/mol. The molecule has 25 heavy (non-hydrogen) atoms. The maximum Gasteiger partial charge on any atom is 0.302 e. The lowest BCUT2D eigenvalue weighted by molar-refractivity contribution is -0.157. The Bertz CT molecular complexity index is 654. The quantitative estimate of drug-likeness (QED) is 0.614. The molecular formula is C21H29ClO3. The van der Waals surface area contributed by atoms with Crippen molar-refractivity contribution >= 4 is 23.4 Å². The van der Waals surface area contributed by atoms with Gasteiger partial charge in [0.15, 0.2) is 5.78 Å². The summed E-state index contributed by atoms with van der Waals surface area (Å²) in [5.74, 6) is 1.92. The van der Waals surface area contributed by atoms with E-state index in [0.717, 1.165) is 44.9 Å². The molecule has 0 heterocycles. The van der Waals surface area contributed by atoms with Crippen LogP contribution in [0.25, 0.3) is 0 Å². The minimum atomic E-state index is -0.146. The minimum absolute atomic E-state index is 0.0808. The van der Waals surface area contributed by atoms with Crippen molar-refractivity contribution in [3.8, 4) is 0 Å². The first-order valence-corrected chi connectivity index (χ1v) is 10.2. The van der Waals surface area contributed by atoms with Crippen LogP contribution in [-0.4, -0.2) is 17.9 Å². The van der Waals surface area contributed by atoms with Crippen LogP contribution in [0, 0.1) is 28.6 Å². The molecule has 0 aromatic carbocycles. The molecule has 0 bridgehead atoms. The number of rotatable bonds is 1. The molecule has 0 spiro atoms. The van der Waals surface area contributed by atoms with Gasteiger partial charge in [0.2, 0.25) is 0 Å². The Balaban J connectivity index is 1.65. The molecule has 0 unspecified atom stereocenters. The minimum Gasteiger partial charge on any atom is -0.462 e. The molecule has 4 heteroatoms. The van der Waals surface area contributed by atoms with Crippen LogP contribution < -0.4 is 0 Å². The zero-order valence-corrected chi connectivity index (χ0v) is 16.3. The molecule has 3 saturated carbocycles. The van der Waals surface area contributed by atoms with Gasteiger partial charge in [-0.3, -0.25) is 9.59 Å². The van der Waals surface area contributed by atoms with Crippen molar-refractivity contribution in [3.63, 3.8) is 0 Å². The highest BCUT2D eigenvalue weighted by Gasteiger charge is 2.60. The predicted octanol–water partition coefficient (Wildman–Crippen LogP) is 5.02. The Kier molecular flexibility index (Phi) is 4.10. The van der Waals surface area contributed by atoms with Crippen molar-refractivity contribution in [1.82, 2.24) is 0 Å². The summed E-state index contributed by atoms with van der Waals surface area (Å²) in [6.07, 6.45) is 8.17. The summed E-state index contributed by atoms with van der Waals surface area (Å²) >= 11 is 6.45. The molecule has 0 aromatic rings. The summed E-state index contributed by atoms with van der Waals surface area (Å²) in [5.41, 5.74) is 1.46. The fourth-order valence-corrected chi connectivity index (χ4v) is 7.40. The lowest BCUT2D eigenvalue weighted by Crippen LogP contribution is -2.52. The third-order valence-corrected chi connectivity index (χ3v) is 8.71. The fraction of sp³-hybridized carbons (Fsp3) is 0.810. The van der Waals surface area contributed by atoms with Crippen molar-refractivity contribution in [2.24, 2.45) is 28.6 Å². The molecule has 0 N–H and O–H groups in total. The summed E-state index contributed by atoms with van der Waals surface area (Å²) in [6, 6.07) is 0. The number of esters is 1. The van der Waals surface area contributed by atoms with E-state index in [1.807, 2.05) is 0 Å². The van der Waals surface area contributed by atoms with Crippen LogP contribution in [0.15, 0.2) is 10.6 Å².